The van der Waals surface area contributed by atoms with Gasteiger partial charge < -0.3 is 4.42 Å². The molecule has 0 radical (unpaired) electrons. The van der Waals surface area contributed by atoms with Crippen molar-refractivity contribution in [2.24, 2.45) is 5.10 Å². The quantitative estimate of drug-likeness (QED) is 0.463. The molecular weight excluding hydrogens is 332 g/mol. The number of fused-ring (bicyclic) bond motifs is 1. The minimum absolute atomic E-state index is 0.806. The Morgan fingerprint density at radius 1 is 0.889 bits per heavy atom. The zero-order valence-corrected chi connectivity index (χ0v) is 15.6. The molecule has 27 heavy (non-hydrogen) atoms. The highest BCUT2D eigenvalue weighted by molar-refractivity contribution is 5.79. The number of benzene rings is 3. The first kappa shape index (κ1) is 17.1. The Morgan fingerprint density at radius 2 is 1.67 bits per heavy atom. The third-order valence-electron chi connectivity index (χ3n) is 4.63. The fourth-order valence-corrected chi connectivity index (χ4v) is 3.03. The van der Waals surface area contributed by atoms with Gasteiger partial charge in [0.05, 0.1) is 11.0 Å². The Balaban J connectivity index is 1.88. The fourth-order valence-electron chi connectivity index (χ4n) is 3.03. The largest absolute Gasteiger partial charge is 0.456 e. The van der Waals surface area contributed by atoms with E-state index in [0.717, 1.165) is 39.8 Å². The molecule has 4 rings (SSSR count). The smallest absolute Gasteiger partial charge is 0.136 e. The Hall–Kier alpha value is -3.33. The van der Waals surface area contributed by atoms with Gasteiger partial charge in [-0.3, -0.25) is 5.43 Å². The van der Waals surface area contributed by atoms with E-state index in [-0.39, 0.29) is 0 Å². The average Bonchev–Trinajstić information content (AvgIpc) is 2.72. The van der Waals surface area contributed by atoms with Gasteiger partial charge in [0, 0.05) is 17.0 Å². The maximum atomic E-state index is 6.19. The van der Waals surface area contributed by atoms with Crippen molar-refractivity contribution in [1.29, 1.82) is 0 Å². The lowest BCUT2D eigenvalue weighted by atomic mass is 10.1. The third-order valence-corrected chi connectivity index (χ3v) is 4.63. The summed E-state index contributed by atoms with van der Waals surface area (Å²) in [7, 11) is 0. The standard InChI is InChI=1S/C24H22N2O/c1-3-18-11-14-23-21(15-18)22(26-25-20-7-5-4-6-8-20)16-24(27-23)19-12-9-17(2)10-13-19/h4-16,25H,3H2,1-2H3/b26-22+. The molecule has 0 atom stereocenters. The Bertz CT molecular complexity index is 1130. The summed E-state index contributed by atoms with van der Waals surface area (Å²) in [6, 6.07) is 26.6. The number of rotatable bonds is 4. The highest BCUT2D eigenvalue weighted by atomic mass is 16.3. The first-order valence-corrected chi connectivity index (χ1v) is 9.21. The topological polar surface area (TPSA) is 37.5 Å². The number of nitrogens with zero attached hydrogens (tertiary/aromatic N) is 1. The van der Waals surface area contributed by atoms with Crippen LogP contribution in [0.5, 0.6) is 0 Å². The molecule has 0 saturated heterocycles. The summed E-state index contributed by atoms with van der Waals surface area (Å²) in [6.45, 7) is 4.23. The summed E-state index contributed by atoms with van der Waals surface area (Å²) in [4.78, 5) is 0. The molecule has 1 aromatic heterocycles. The summed E-state index contributed by atoms with van der Waals surface area (Å²) in [5, 5.41) is 6.55. The van der Waals surface area contributed by atoms with E-state index in [1.54, 1.807) is 0 Å². The maximum absolute atomic E-state index is 6.19. The van der Waals surface area contributed by atoms with Crippen LogP contribution in [0.3, 0.4) is 0 Å². The Kier molecular flexibility index (Phi) is 4.75. The van der Waals surface area contributed by atoms with E-state index >= 15 is 0 Å². The van der Waals surface area contributed by atoms with Gasteiger partial charge in [0.15, 0.2) is 0 Å². The van der Waals surface area contributed by atoms with Crippen molar-refractivity contribution in [3.63, 3.8) is 0 Å². The molecule has 1 heterocycles. The highest BCUT2D eigenvalue weighted by Gasteiger charge is 2.07. The molecule has 0 amide bonds. The summed E-state index contributed by atoms with van der Waals surface area (Å²) in [5.41, 5.74) is 8.47. The maximum Gasteiger partial charge on any atom is 0.136 e. The Morgan fingerprint density at radius 3 is 2.41 bits per heavy atom. The lowest BCUT2D eigenvalue weighted by Crippen LogP contribution is -2.08. The second kappa shape index (κ2) is 7.50. The van der Waals surface area contributed by atoms with Crippen molar-refractivity contribution < 1.29 is 4.42 Å². The zero-order chi connectivity index (χ0) is 18.6. The summed E-state index contributed by atoms with van der Waals surface area (Å²) in [5.74, 6) is 0.806. The van der Waals surface area contributed by atoms with Crippen LogP contribution in [-0.2, 0) is 6.42 Å². The van der Waals surface area contributed by atoms with Gasteiger partial charge in [-0.05, 0) is 43.2 Å². The SMILES string of the molecule is CCc1ccc2oc(-c3ccc(C)cc3)c/c(=N\Nc3ccccc3)c2c1. The molecular formula is C24H22N2O. The molecule has 1 N–H and O–H groups in total. The van der Waals surface area contributed by atoms with E-state index in [4.69, 9.17) is 4.42 Å². The number of hydrogen-bond acceptors (Lipinski definition) is 3. The van der Waals surface area contributed by atoms with E-state index in [9.17, 15) is 0 Å². The number of para-hydroxylation sites is 1. The lowest BCUT2D eigenvalue weighted by Gasteiger charge is -2.07. The van der Waals surface area contributed by atoms with Crippen molar-refractivity contribution in [2.45, 2.75) is 20.3 Å². The zero-order valence-electron chi connectivity index (χ0n) is 15.6. The van der Waals surface area contributed by atoms with Crippen LogP contribution in [0.1, 0.15) is 18.1 Å². The molecule has 0 aliphatic carbocycles. The lowest BCUT2D eigenvalue weighted by molar-refractivity contribution is 0.618. The number of anilines is 1. The van der Waals surface area contributed by atoms with Gasteiger partial charge in [-0.25, -0.2) is 0 Å². The highest BCUT2D eigenvalue weighted by Crippen LogP contribution is 2.23. The van der Waals surface area contributed by atoms with Crippen molar-refractivity contribution in [3.8, 4) is 11.3 Å². The molecule has 0 bridgehead atoms. The third kappa shape index (κ3) is 3.77. The second-order valence-corrected chi connectivity index (χ2v) is 6.64. The minimum Gasteiger partial charge on any atom is -0.456 e. The van der Waals surface area contributed by atoms with Crippen molar-refractivity contribution >= 4 is 16.7 Å². The van der Waals surface area contributed by atoms with E-state index in [2.05, 4.69) is 60.8 Å². The first-order valence-electron chi connectivity index (χ1n) is 9.21. The Labute approximate surface area is 159 Å². The van der Waals surface area contributed by atoms with E-state index in [1.165, 1.54) is 11.1 Å². The van der Waals surface area contributed by atoms with E-state index < -0.39 is 0 Å². The predicted octanol–water partition coefficient (Wildman–Crippen LogP) is 5.90. The average molecular weight is 354 g/mol. The summed E-state index contributed by atoms with van der Waals surface area (Å²) < 4.78 is 6.19. The second-order valence-electron chi connectivity index (χ2n) is 6.64. The molecule has 3 aromatic carbocycles. The van der Waals surface area contributed by atoms with Gasteiger partial charge >= 0.3 is 0 Å². The van der Waals surface area contributed by atoms with Crippen LogP contribution in [0.2, 0.25) is 0 Å². The molecule has 4 aromatic rings. The van der Waals surface area contributed by atoms with Crippen LogP contribution in [-0.4, -0.2) is 0 Å². The van der Waals surface area contributed by atoms with Gasteiger partial charge in [0.2, 0.25) is 0 Å². The summed E-state index contributed by atoms with van der Waals surface area (Å²) in [6.07, 6.45) is 0.973. The number of hydrogen-bond donors (Lipinski definition) is 1. The van der Waals surface area contributed by atoms with Gasteiger partial charge in [0.1, 0.15) is 11.3 Å². The van der Waals surface area contributed by atoms with E-state index in [1.807, 2.05) is 42.5 Å². The van der Waals surface area contributed by atoms with Crippen LogP contribution in [0, 0.1) is 6.92 Å². The predicted molar refractivity (Wildman–Crippen MR) is 111 cm³/mol. The van der Waals surface area contributed by atoms with Crippen molar-refractivity contribution in [1.82, 2.24) is 0 Å². The molecule has 0 aliphatic rings. The number of aryl methyl sites for hydroxylation is 2. The molecule has 0 unspecified atom stereocenters. The van der Waals surface area contributed by atoms with Gasteiger partial charge in [-0.15, -0.1) is 0 Å². The minimum atomic E-state index is 0.806. The molecule has 0 saturated carbocycles. The normalized spacial score (nSPS) is 11.7. The van der Waals surface area contributed by atoms with Gasteiger partial charge in [-0.2, -0.15) is 5.10 Å². The monoisotopic (exact) mass is 354 g/mol. The van der Waals surface area contributed by atoms with Crippen LogP contribution in [0.4, 0.5) is 5.69 Å². The molecule has 3 heteroatoms. The van der Waals surface area contributed by atoms with Gasteiger partial charge in [0.25, 0.3) is 0 Å². The molecule has 3 nitrogen and oxygen atoms in total. The van der Waals surface area contributed by atoms with Crippen LogP contribution >= 0.6 is 0 Å². The van der Waals surface area contributed by atoms with Crippen LogP contribution in [0.25, 0.3) is 22.3 Å². The van der Waals surface area contributed by atoms with Crippen LogP contribution < -0.4 is 10.8 Å². The summed E-state index contributed by atoms with van der Waals surface area (Å²) >= 11 is 0. The van der Waals surface area contributed by atoms with Crippen molar-refractivity contribution in [3.05, 3.63) is 95.3 Å². The fraction of sp³-hybridized carbons (Fsp3) is 0.125. The van der Waals surface area contributed by atoms with E-state index in [0.29, 0.717) is 0 Å². The first-order chi connectivity index (χ1) is 13.2. The molecule has 0 aliphatic heterocycles. The van der Waals surface area contributed by atoms with Crippen molar-refractivity contribution in [2.75, 3.05) is 5.43 Å². The molecule has 0 spiro atoms. The molecule has 0 fully saturated rings. The van der Waals surface area contributed by atoms with Gasteiger partial charge in [-0.1, -0.05) is 61.0 Å². The van der Waals surface area contributed by atoms with Crippen LogP contribution in [0.15, 0.2) is 88.4 Å². The number of nitrogens with one attached hydrogen (secondary N) is 1. The molecule has 134 valence electrons.